The molecule has 3 aromatic rings. The molecule has 0 bridgehead atoms. The smallest absolute Gasteiger partial charge is 0.0972 e. The van der Waals surface area contributed by atoms with E-state index in [1.54, 1.807) is 18.3 Å². The Balaban J connectivity index is 2.61. The van der Waals surface area contributed by atoms with Gasteiger partial charge in [-0.05, 0) is 18.2 Å². The van der Waals surface area contributed by atoms with E-state index in [0.29, 0.717) is 0 Å². The topological polar surface area (TPSA) is 25.8 Å². The number of hydrogen-bond donors (Lipinski definition) is 0. The molecule has 1 aromatic carbocycles. The Morgan fingerprint density at radius 1 is 1.00 bits per heavy atom. The summed E-state index contributed by atoms with van der Waals surface area (Å²) >= 11 is 0. The van der Waals surface area contributed by atoms with Gasteiger partial charge in [0.05, 0.1) is 17.2 Å². The maximum atomic E-state index is 4.30. The molecule has 2 heterocycles. The van der Waals surface area contributed by atoms with Gasteiger partial charge in [0.25, 0.3) is 0 Å². The molecule has 2 aromatic heterocycles. The molecule has 0 aliphatic heterocycles. The summed E-state index contributed by atoms with van der Waals surface area (Å²) < 4.78 is 0. The number of hydrogen-bond acceptors (Lipinski definition) is 2. The molecular formula is C12H6N2. The van der Waals surface area contributed by atoms with Crippen LogP contribution in [0.1, 0.15) is 0 Å². The van der Waals surface area contributed by atoms with Crippen LogP contribution in [0.4, 0.5) is 0 Å². The summed E-state index contributed by atoms with van der Waals surface area (Å²) in [6.45, 7) is 0. The minimum Gasteiger partial charge on any atom is -0.254 e. The van der Waals surface area contributed by atoms with E-state index in [2.05, 4.69) is 22.2 Å². The Bertz CT molecular complexity index is 547. The zero-order valence-electron chi connectivity index (χ0n) is 7.36. The molecule has 0 atom stereocenters. The van der Waals surface area contributed by atoms with Crippen molar-refractivity contribution in [3.8, 4) is 0 Å². The average Bonchev–Trinajstić information content (AvgIpc) is 2.29. The van der Waals surface area contributed by atoms with E-state index < -0.39 is 0 Å². The highest BCUT2D eigenvalue weighted by Crippen LogP contribution is 2.20. The zero-order chi connectivity index (χ0) is 9.38. The van der Waals surface area contributed by atoms with Crippen molar-refractivity contribution in [2.45, 2.75) is 0 Å². The molecule has 0 N–H and O–H groups in total. The number of rotatable bonds is 0. The van der Waals surface area contributed by atoms with Gasteiger partial charge >= 0.3 is 0 Å². The van der Waals surface area contributed by atoms with Gasteiger partial charge in [-0.3, -0.25) is 4.98 Å². The van der Waals surface area contributed by atoms with E-state index in [-0.39, 0.29) is 0 Å². The van der Waals surface area contributed by atoms with Crippen molar-refractivity contribution in [3.63, 3.8) is 0 Å². The summed E-state index contributed by atoms with van der Waals surface area (Å²) in [6.07, 6.45) is 4.56. The van der Waals surface area contributed by atoms with Crippen molar-refractivity contribution >= 4 is 21.8 Å². The number of benzene rings is 1. The third-order valence-corrected chi connectivity index (χ3v) is 2.21. The first-order chi connectivity index (χ1) is 6.95. The van der Waals surface area contributed by atoms with Crippen LogP contribution >= 0.6 is 0 Å². The summed E-state index contributed by atoms with van der Waals surface area (Å²) in [7, 11) is 0. The van der Waals surface area contributed by atoms with Crippen molar-refractivity contribution in [2.75, 3.05) is 0 Å². The highest BCUT2D eigenvalue weighted by Gasteiger charge is 2.00. The van der Waals surface area contributed by atoms with Gasteiger partial charge in [0.1, 0.15) is 0 Å². The summed E-state index contributed by atoms with van der Waals surface area (Å²) in [5.41, 5.74) is 1.78. The number of fused-ring (bicyclic) bond motifs is 3. The van der Waals surface area contributed by atoms with Crippen molar-refractivity contribution in [1.29, 1.82) is 0 Å². The lowest BCUT2D eigenvalue weighted by Gasteiger charge is -1.99. The first-order valence-corrected chi connectivity index (χ1v) is 4.37. The fraction of sp³-hybridized carbons (Fsp3) is 0. The van der Waals surface area contributed by atoms with Crippen LogP contribution in [0.2, 0.25) is 0 Å². The highest BCUT2D eigenvalue weighted by atomic mass is 14.7. The van der Waals surface area contributed by atoms with E-state index in [1.165, 1.54) is 0 Å². The molecule has 0 aliphatic carbocycles. The second-order valence-electron chi connectivity index (χ2n) is 3.06. The molecular weight excluding hydrogens is 172 g/mol. The third kappa shape index (κ3) is 0.973. The lowest BCUT2D eigenvalue weighted by atomic mass is 10.1. The standard InChI is InChI=1S/C12H6N2/c1-3-9-5-6-10-4-2-8-14-12(10)11(9)13-7-1/h1-3,5-6,8H. The quantitative estimate of drug-likeness (QED) is 0.494. The molecule has 3 rings (SSSR count). The summed E-state index contributed by atoms with van der Waals surface area (Å²) in [6, 6.07) is 12.8. The fourth-order valence-corrected chi connectivity index (χ4v) is 1.56. The van der Waals surface area contributed by atoms with Gasteiger partial charge in [-0.2, -0.15) is 0 Å². The molecule has 0 unspecified atom stereocenters. The van der Waals surface area contributed by atoms with E-state index >= 15 is 0 Å². The fourth-order valence-electron chi connectivity index (χ4n) is 1.56. The van der Waals surface area contributed by atoms with Crippen LogP contribution in [0.5, 0.6) is 0 Å². The van der Waals surface area contributed by atoms with Gasteiger partial charge in [0.2, 0.25) is 0 Å². The monoisotopic (exact) mass is 178 g/mol. The molecule has 0 amide bonds. The summed E-state index contributed by atoms with van der Waals surface area (Å²) in [5, 5.41) is 2.08. The van der Waals surface area contributed by atoms with E-state index in [0.717, 1.165) is 21.8 Å². The van der Waals surface area contributed by atoms with Gasteiger partial charge in [-0.25, -0.2) is 4.98 Å². The second kappa shape index (κ2) is 2.77. The predicted octanol–water partition coefficient (Wildman–Crippen LogP) is 2.38. The Kier molecular flexibility index (Phi) is 1.47. The first kappa shape index (κ1) is 7.44. The van der Waals surface area contributed by atoms with Crippen LogP contribution < -0.4 is 0 Å². The van der Waals surface area contributed by atoms with Crippen molar-refractivity contribution in [2.24, 2.45) is 0 Å². The minimum atomic E-state index is 0.891. The van der Waals surface area contributed by atoms with E-state index in [4.69, 9.17) is 0 Å². The lowest BCUT2D eigenvalue weighted by molar-refractivity contribution is 1.36. The number of pyridine rings is 2. The van der Waals surface area contributed by atoms with Gasteiger partial charge in [0, 0.05) is 17.0 Å². The van der Waals surface area contributed by atoms with Crippen molar-refractivity contribution in [3.05, 3.63) is 48.8 Å². The molecule has 0 saturated carbocycles. The number of aromatic nitrogens is 2. The van der Waals surface area contributed by atoms with Crippen molar-refractivity contribution < 1.29 is 0 Å². The first-order valence-electron chi connectivity index (χ1n) is 4.37. The highest BCUT2D eigenvalue weighted by molar-refractivity contribution is 6.02. The third-order valence-electron chi connectivity index (χ3n) is 2.21. The lowest BCUT2D eigenvalue weighted by Crippen LogP contribution is -1.83. The molecule has 0 spiro atoms. The van der Waals surface area contributed by atoms with Crippen LogP contribution in [0.15, 0.2) is 36.5 Å². The zero-order valence-corrected chi connectivity index (χ0v) is 7.36. The maximum Gasteiger partial charge on any atom is 0.0972 e. The SMILES string of the molecule is [c]1ccc2ccc3[c]ccnc3c2n1. The molecule has 64 valence electrons. The normalized spacial score (nSPS) is 10.9. The predicted molar refractivity (Wildman–Crippen MR) is 54.7 cm³/mol. The largest absolute Gasteiger partial charge is 0.254 e. The summed E-state index contributed by atoms with van der Waals surface area (Å²) in [4.78, 5) is 8.50. The molecule has 0 saturated heterocycles. The summed E-state index contributed by atoms with van der Waals surface area (Å²) in [5.74, 6) is 0. The van der Waals surface area contributed by atoms with Gasteiger partial charge in [-0.1, -0.05) is 18.2 Å². The molecule has 14 heavy (non-hydrogen) atoms. The van der Waals surface area contributed by atoms with Gasteiger partial charge < -0.3 is 0 Å². The second-order valence-corrected chi connectivity index (χ2v) is 3.06. The molecule has 0 aliphatic rings. The Labute approximate surface area is 81.2 Å². The Morgan fingerprint density at radius 2 is 2.00 bits per heavy atom. The molecule has 2 heteroatoms. The Hall–Kier alpha value is -1.96. The number of nitrogens with zero attached hydrogens (tertiary/aromatic N) is 2. The van der Waals surface area contributed by atoms with Crippen LogP contribution in [0.3, 0.4) is 0 Å². The maximum absolute atomic E-state index is 4.30. The molecule has 0 fully saturated rings. The molecule has 2 nitrogen and oxygen atoms in total. The van der Waals surface area contributed by atoms with Gasteiger partial charge in [-0.15, -0.1) is 0 Å². The van der Waals surface area contributed by atoms with Crippen LogP contribution in [0, 0.1) is 12.3 Å². The van der Waals surface area contributed by atoms with Crippen LogP contribution in [0.25, 0.3) is 21.8 Å². The Morgan fingerprint density at radius 3 is 3.00 bits per heavy atom. The molecule has 2 radical (unpaired) electrons. The van der Waals surface area contributed by atoms with E-state index in [1.807, 2.05) is 18.2 Å². The van der Waals surface area contributed by atoms with Crippen molar-refractivity contribution in [1.82, 2.24) is 9.97 Å². The average molecular weight is 178 g/mol. The van der Waals surface area contributed by atoms with Crippen LogP contribution in [-0.4, -0.2) is 9.97 Å². The van der Waals surface area contributed by atoms with E-state index in [9.17, 15) is 0 Å². The van der Waals surface area contributed by atoms with Gasteiger partial charge in [0.15, 0.2) is 0 Å². The minimum absolute atomic E-state index is 0.891. The van der Waals surface area contributed by atoms with Crippen LogP contribution in [-0.2, 0) is 0 Å².